The quantitative estimate of drug-likeness (QED) is 0.790. The van der Waals surface area contributed by atoms with Crippen LogP contribution in [0.3, 0.4) is 0 Å². The number of carbonyl (C=O) groups is 3. The minimum Gasteiger partial charge on any atom is -0.480 e. The minimum atomic E-state index is -1.14. The molecule has 1 aromatic carbocycles. The van der Waals surface area contributed by atoms with E-state index >= 15 is 0 Å². The van der Waals surface area contributed by atoms with Gasteiger partial charge < -0.3 is 10.4 Å². The largest absolute Gasteiger partial charge is 0.480 e. The third-order valence-electron chi connectivity index (χ3n) is 4.52. The van der Waals surface area contributed by atoms with Gasteiger partial charge in [0.15, 0.2) is 5.78 Å². The molecule has 1 aliphatic carbocycles. The Bertz CT molecular complexity index is 630. The fraction of sp³-hybridized carbons (Fsp3) is 0.500. The highest BCUT2D eigenvalue weighted by atomic mass is 16.4. The highest BCUT2D eigenvalue weighted by Crippen LogP contribution is 2.30. The van der Waals surface area contributed by atoms with Gasteiger partial charge in [-0.05, 0) is 38.3 Å². The van der Waals surface area contributed by atoms with E-state index in [1.54, 1.807) is 0 Å². The lowest BCUT2D eigenvalue weighted by Crippen LogP contribution is -2.52. The van der Waals surface area contributed by atoms with Crippen molar-refractivity contribution in [1.82, 2.24) is 5.32 Å². The summed E-state index contributed by atoms with van der Waals surface area (Å²) in [5, 5.41) is 12.0. The number of aliphatic carboxylic acids is 1. The van der Waals surface area contributed by atoms with Gasteiger partial charge in [0.2, 0.25) is 5.91 Å². The molecule has 2 rings (SSSR count). The highest BCUT2D eigenvalue weighted by molar-refractivity contribution is 5.99. The number of aryl methyl sites for hydroxylation is 2. The average molecular weight is 317 g/mol. The molecule has 0 radical (unpaired) electrons. The Labute approximate surface area is 136 Å². The molecule has 1 aromatic rings. The molecule has 0 saturated heterocycles. The number of amides is 1. The van der Waals surface area contributed by atoms with Crippen LogP contribution < -0.4 is 5.32 Å². The summed E-state index contributed by atoms with van der Waals surface area (Å²) in [6.45, 7) is 3.78. The Morgan fingerprint density at radius 3 is 2.39 bits per heavy atom. The van der Waals surface area contributed by atoms with Crippen LogP contribution in [0.1, 0.15) is 60.0 Å². The molecule has 0 atom stereocenters. The number of hydrogen-bond donors (Lipinski definition) is 2. The van der Waals surface area contributed by atoms with Crippen molar-refractivity contribution in [2.24, 2.45) is 0 Å². The number of ketones is 1. The van der Waals surface area contributed by atoms with Crippen molar-refractivity contribution < 1.29 is 19.5 Å². The van der Waals surface area contributed by atoms with Crippen LogP contribution in [0, 0.1) is 13.8 Å². The normalized spacial score (nSPS) is 16.1. The highest BCUT2D eigenvalue weighted by Gasteiger charge is 2.42. The van der Waals surface area contributed by atoms with Gasteiger partial charge in [-0.15, -0.1) is 0 Å². The lowest BCUT2D eigenvalue weighted by molar-refractivity contribution is -0.147. The Balaban J connectivity index is 1.95. The van der Waals surface area contributed by atoms with Crippen LogP contribution in [-0.2, 0) is 9.59 Å². The van der Waals surface area contributed by atoms with E-state index in [9.17, 15) is 19.5 Å². The first-order valence-corrected chi connectivity index (χ1v) is 7.99. The molecule has 5 nitrogen and oxygen atoms in total. The molecule has 1 fully saturated rings. The summed E-state index contributed by atoms with van der Waals surface area (Å²) in [5.41, 5.74) is 1.38. The average Bonchev–Trinajstić information content (AvgIpc) is 2.97. The van der Waals surface area contributed by atoms with Crippen LogP contribution in [0.4, 0.5) is 0 Å². The molecule has 0 aliphatic heterocycles. The lowest BCUT2D eigenvalue weighted by atomic mass is 9.96. The fourth-order valence-electron chi connectivity index (χ4n) is 3.10. The van der Waals surface area contributed by atoms with Crippen molar-refractivity contribution in [3.05, 3.63) is 34.9 Å². The van der Waals surface area contributed by atoms with Gasteiger partial charge in [0.25, 0.3) is 0 Å². The molecule has 0 spiro atoms. The van der Waals surface area contributed by atoms with E-state index in [0.29, 0.717) is 18.4 Å². The van der Waals surface area contributed by atoms with E-state index in [4.69, 9.17) is 0 Å². The van der Waals surface area contributed by atoms with Crippen LogP contribution >= 0.6 is 0 Å². The smallest absolute Gasteiger partial charge is 0.329 e. The van der Waals surface area contributed by atoms with Gasteiger partial charge in [-0.1, -0.05) is 30.5 Å². The van der Waals surface area contributed by atoms with Crippen LogP contribution in [0.2, 0.25) is 0 Å². The van der Waals surface area contributed by atoms with E-state index in [1.807, 2.05) is 32.0 Å². The molecule has 0 aromatic heterocycles. The molecule has 1 aliphatic rings. The van der Waals surface area contributed by atoms with Gasteiger partial charge in [-0.25, -0.2) is 4.79 Å². The zero-order valence-electron chi connectivity index (χ0n) is 13.6. The predicted molar refractivity (Wildman–Crippen MR) is 86.5 cm³/mol. The topological polar surface area (TPSA) is 83.5 Å². The summed E-state index contributed by atoms with van der Waals surface area (Å²) in [4.78, 5) is 35.8. The summed E-state index contributed by atoms with van der Waals surface area (Å²) < 4.78 is 0. The molecule has 1 saturated carbocycles. The number of hydrogen-bond acceptors (Lipinski definition) is 3. The molecule has 23 heavy (non-hydrogen) atoms. The SMILES string of the molecule is Cc1ccc(C)c(C(=O)CCC(=O)NC2(C(=O)O)CCCC2)c1. The molecule has 5 heteroatoms. The number of benzene rings is 1. The third kappa shape index (κ3) is 3.97. The number of carboxylic acids is 1. The molecule has 2 N–H and O–H groups in total. The Hall–Kier alpha value is -2.17. The Kier molecular flexibility index (Phi) is 5.19. The maximum atomic E-state index is 12.3. The number of nitrogens with one attached hydrogen (secondary N) is 1. The summed E-state index contributed by atoms with van der Waals surface area (Å²) in [6.07, 6.45) is 2.62. The van der Waals surface area contributed by atoms with Gasteiger partial charge in [-0.2, -0.15) is 0 Å². The zero-order valence-corrected chi connectivity index (χ0v) is 13.6. The second-order valence-electron chi connectivity index (χ2n) is 6.38. The number of carbonyl (C=O) groups excluding carboxylic acids is 2. The van der Waals surface area contributed by atoms with E-state index in [-0.39, 0.29) is 24.5 Å². The monoisotopic (exact) mass is 317 g/mol. The predicted octanol–water partition coefficient (Wildman–Crippen LogP) is 2.78. The van der Waals surface area contributed by atoms with Crippen molar-refractivity contribution in [3.63, 3.8) is 0 Å². The standard InChI is InChI=1S/C18H23NO4/c1-12-5-6-13(2)14(11-12)15(20)7-8-16(21)19-18(17(22)23)9-3-4-10-18/h5-6,11H,3-4,7-10H2,1-2H3,(H,19,21)(H,22,23). The van der Waals surface area contributed by atoms with Crippen molar-refractivity contribution in [1.29, 1.82) is 0 Å². The Morgan fingerprint density at radius 1 is 1.13 bits per heavy atom. The maximum absolute atomic E-state index is 12.3. The first-order chi connectivity index (χ1) is 10.8. The summed E-state index contributed by atoms with van der Waals surface area (Å²) in [6, 6.07) is 5.65. The fourth-order valence-corrected chi connectivity index (χ4v) is 3.10. The Morgan fingerprint density at radius 2 is 1.78 bits per heavy atom. The molecule has 124 valence electrons. The van der Waals surface area contributed by atoms with Crippen LogP contribution in [-0.4, -0.2) is 28.3 Å². The van der Waals surface area contributed by atoms with Crippen LogP contribution in [0.25, 0.3) is 0 Å². The maximum Gasteiger partial charge on any atom is 0.329 e. The second kappa shape index (κ2) is 6.94. The number of Topliss-reactive ketones (excluding diaryl/α,β-unsaturated/α-hetero) is 1. The number of carboxylic acid groups (broad SMARTS) is 1. The summed E-state index contributed by atoms with van der Waals surface area (Å²) in [5.74, 6) is -1.44. The molecule has 0 unspecified atom stereocenters. The van der Waals surface area contributed by atoms with Gasteiger partial charge in [0, 0.05) is 18.4 Å². The first-order valence-electron chi connectivity index (χ1n) is 7.99. The van der Waals surface area contributed by atoms with Crippen LogP contribution in [0.5, 0.6) is 0 Å². The lowest BCUT2D eigenvalue weighted by Gasteiger charge is -2.25. The van der Waals surface area contributed by atoms with Crippen molar-refractivity contribution >= 4 is 17.7 Å². The van der Waals surface area contributed by atoms with Crippen molar-refractivity contribution in [2.45, 2.75) is 57.9 Å². The van der Waals surface area contributed by atoms with E-state index in [0.717, 1.165) is 24.0 Å². The van der Waals surface area contributed by atoms with E-state index in [1.165, 1.54) is 0 Å². The summed E-state index contributed by atoms with van der Waals surface area (Å²) in [7, 11) is 0. The number of rotatable bonds is 6. The molecular formula is C18H23NO4. The second-order valence-corrected chi connectivity index (χ2v) is 6.38. The van der Waals surface area contributed by atoms with Gasteiger partial charge in [0.05, 0.1) is 0 Å². The zero-order chi connectivity index (χ0) is 17.0. The molecule has 0 bridgehead atoms. The van der Waals surface area contributed by atoms with Gasteiger partial charge in [-0.3, -0.25) is 9.59 Å². The molecular weight excluding hydrogens is 294 g/mol. The summed E-state index contributed by atoms with van der Waals surface area (Å²) >= 11 is 0. The molecule has 1 amide bonds. The third-order valence-corrected chi connectivity index (χ3v) is 4.52. The van der Waals surface area contributed by atoms with Gasteiger partial charge in [0.1, 0.15) is 5.54 Å². The van der Waals surface area contributed by atoms with Crippen LogP contribution in [0.15, 0.2) is 18.2 Å². The van der Waals surface area contributed by atoms with E-state index in [2.05, 4.69) is 5.32 Å². The van der Waals surface area contributed by atoms with Crippen molar-refractivity contribution in [2.75, 3.05) is 0 Å². The first kappa shape index (κ1) is 17.2. The molecule has 0 heterocycles. The van der Waals surface area contributed by atoms with Crippen molar-refractivity contribution in [3.8, 4) is 0 Å². The van der Waals surface area contributed by atoms with E-state index < -0.39 is 11.5 Å². The van der Waals surface area contributed by atoms with Gasteiger partial charge >= 0.3 is 5.97 Å². The minimum absolute atomic E-state index is 0.0151.